The van der Waals surface area contributed by atoms with Gasteiger partial charge >= 0.3 is 0 Å². The molecule has 0 heterocycles. The van der Waals surface area contributed by atoms with Crippen molar-refractivity contribution in [2.24, 2.45) is 0 Å². The number of benzene rings is 2. The zero-order valence-corrected chi connectivity index (χ0v) is 11.5. The Hall–Kier alpha value is -2.03. The number of aryl methyl sites for hydroxylation is 2. The third-order valence-corrected chi connectivity index (χ3v) is 3.96. The van der Waals surface area contributed by atoms with Crippen LogP contribution in [0.1, 0.15) is 35.6 Å². The molecular weight excluding hydrogens is 253 g/mol. The molecule has 0 aromatic heterocycles. The van der Waals surface area contributed by atoms with E-state index >= 15 is 0 Å². The van der Waals surface area contributed by atoms with Crippen LogP contribution in [0.25, 0.3) is 0 Å². The van der Waals surface area contributed by atoms with Crippen molar-refractivity contribution in [3.05, 3.63) is 58.9 Å². The fraction of sp³-hybridized carbons (Fsp3) is 0.294. The van der Waals surface area contributed by atoms with Gasteiger partial charge in [-0.3, -0.25) is 0 Å². The van der Waals surface area contributed by atoms with E-state index in [1.165, 1.54) is 11.6 Å². The van der Waals surface area contributed by atoms with Crippen LogP contribution in [-0.2, 0) is 6.42 Å². The van der Waals surface area contributed by atoms with Crippen molar-refractivity contribution in [3.8, 4) is 5.75 Å². The lowest BCUT2D eigenvalue weighted by Gasteiger charge is -2.27. The molecule has 1 aliphatic carbocycles. The fourth-order valence-electron chi connectivity index (χ4n) is 2.82. The van der Waals surface area contributed by atoms with Crippen molar-refractivity contribution in [2.45, 2.75) is 32.2 Å². The van der Waals surface area contributed by atoms with E-state index in [1.807, 2.05) is 18.2 Å². The average Bonchev–Trinajstić information content (AvgIpc) is 2.44. The van der Waals surface area contributed by atoms with Gasteiger partial charge in [-0.2, -0.15) is 0 Å². The summed E-state index contributed by atoms with van der Waals surface area (Å²) in [6.45, 7) is 1.76. The van der Waals surface area contributed by atoms with Crippen molar-refractivity contribution >= 4 is 5.69 Å². The SMILES string of the molecule is Cc1ccc(NC2CCCc3ccc(O)cc32)cc1F. The molecule has 20 heavy (non-hydrogen) atoms. The van der Waals surface area contributed by atoms with Gasteiger partial charge in [0.25, 0.3) is 0 Å². The highest BCUT2D eigenvalue weighted by atomic mass is 19.1. The van der Waals surface area contributed by atoms with Gasteiger partial charge in [0.05, 0.1) is 6.04 Å². The first-order valence-electron chi connectivity index (χ1n) is 6.98. The molecule has 2 N–H and O–H groups in total. The molecular formula is C17H18FNO. The van der Waals surface area contributed by atoms with Crippen molar-refractivity contribution in [1.82, 2.24) is 0 Å². The molecule has 0 saturated heterocycles. The van der Waals surface area contributed by atoms with Crippen LogP contribution >= 0.6 is 0 Å². The van der Waals surface area contributed by atoms with E-state index in [1.54, 1.807) is 19.1 Å². The lowest BCUT2D eigenvalue weighted by Crippen LogP contribution is -2.17. The van der Waals surface area contributed by atoms with E-state index in [4.69, 9.17) is 0 Å². The van der Waals surface area contributed by atoms with E-state index in [-0.39, 0.29) is 17.6 Å². The summed E-state index contributed by atoms with van der Waals surface area (Å²) < 4.78 is 13.6. The normalized spacial score (nSPS) is 17.6. The van der Waals surface area contributed by atoms with Crippen molar-refractivity contribution in [2.75, 3.05) is 5.32 Å². The minimum atomic E-state index is -0.193. The van der Waals surface area contributed by atoms with Gasteiger partial charge in [-0.15, -0.1) is 0 Å². The maximum absolute atomic E-state index is 13.6. The standard InChI is InChI=1S/C17H18FNO/c1-11-5-7-13(9-16(11)18)19-17-4-2-3-12-6-8-14(20)10-15(12)17/h5-10,17,19-20H,2-4H2,1H3. The van der Waals surface area contributed by atoms with Gasteiger partial charge in [0.1, 0.15) is 11.6 Å². The lowest BCUT2D eigenvalue weighted by atomic mass is 9.87. The minimum Gasteiger partial charge on any atom is -0.508 e. The van der Waals surface area contributed by atoms with Gasteiger partial charge in [-0.25, -0.2) is 4.39 Å². The lowest BCUT2D eigenvalue weighted by molar-refractivity contribution is 0.471. The number of nitrogens with one attached hydrogen (secondary N) is 1. The van der Waals surface area contributed by atoms with E-state index < -0.39 is 0 Å². The number of hydrogen-bond acceptors (Lipinski definition) is 2. The Bertz CT molecular complexity index is 639. The summed E-state index contributed by atoms with van der Waals surface area (Å²) in [5.41, 5.74) is 3.82. The number of hydrogen-bond donors (Lipinski definition) is 2. The average molecular weight is 271 g/mol. The number of aromatic hydroxyl groups is 1. The van der Waals surface area contributed by atoms with Crippen molar-refractivity contribution < 1.29 is 9.50 Å². The fourth-order valence-corrected chi connectivity index (χ4v) is 2.82. The second-order valence-corrected chi connectivity index (χ2v) is 5.44. The quantitative estimate of drug-likeness (QED) is 0.852. The summed E-state index contributed by atoms with van der Waals surface area (Å²) in [6.07, 6.45) is 3.13. The number of anilines is 1. The first-order valence-corrected chi connectivity index (χ1v) is 6.98. The molecule has 0 amide bonds. The van der Waals surface area contributed by atoms with Gasteiger partial charge in [-0.05, 0) is 67.1 Å². The van der Waals surface area contributed by atoms with Crippen LogP contribution in [0.5, 0.6) is 5.75 Å². The molecule has 0 fully saturated rings. The Labute approximate surface area is 118 Å². The summed E-state index contributed by atoms with van der Waals surface area (Å²) in [5, 5.41) is 13.0. The minimum absolute atomic E-state index is 0.132. The molecule has 0 radical (unpaired) electrons. The topological polar surface area (TPSA) is 32.3 Å². The molecule has 2 aromatic rings. The molecule has 2 aromatic carbocycles. The largest absolute Gasteiger partial charge is 0.508 e. The zero-order valence-electron chi connectivity index (χ0n) is 11.5. The van der Waals surface area contributed by atoms with Gasteiger partial charge in [0.15, 0.2) is 0 Å². The second kappa shape index (κ2) is 5.16. The molecule has 0 aliphatic heterocycles. The summed E-state index contributed by atoms with van der Waals surface area (Å²) in [4.78, 5) is 0. The molecule has 0 spiro atoms. The van der Waals surface area contributed by atoms with Gasteiger partial charge in [-0.1, -0.05) is 12.1 Å². The number of halogens is 1. The van der Waals surface area contributed by atoms with Crippen molar-refractivity contribution in [3.63, 3.8) is 0 Å². The molecule has 0 saturated carbocycles. The molecule has 0 bridgehead atoms. The van der Waals surface area contributed by atoms with E-state index in [9.17, 15) is 9.50 Å². The van der Waals surface area contributed by atoms with Crippen LogP contribution in [0.2, 0.25) is 0 Å². The maximum Gasteiger partial charge on any atom is 0.128 e. The highest BCUT2D eigenvalue weighted by Crippen LogP contribution is 2.34. The molecule has 3 rings (SSSR count). The first kappa shape index (κ1) is 13.0. The molecule has 1 unspecified atom stereocenters. The van der Waals surface area contributed by atoms with Gasteiger partial charge in [0.2, 0.25) is 0 Å². The maximum atomic E-state index is 13.6. The predicted octanol–water partition coefficient (Wildman–Crippen LogP) is 4.33. The number of phenols is 1. The molecule has 104 valence electrons. The number of rotatable bonds is 2. The van der Waals surface area contributed by atoms with Crippen LogP contribution in [0.15, 0.2) is 36.4 Å². The van der Waals surface area contributed by atoms with Crippen LogP contribution in [0.4, 0.5) is 10.1 Å². The monoisotopic (exact) mass is 271 g/mol. The third kappa shape index (κ3) is 2.48. The number of fused-ring (bicyclic) bond motifs is 1. The highest BCUT2D eigenvalue weighted by Gasteiger charge is 2.20. The van der Waals surface area contributed by atoms with Crippen LogP contribution < -0.4 is 5.32 Å². The summed E-state index contributed by atoms with van der Waals surface area (Å²) in [6, 6.07) is 10.9. The van der Waals surface area contributed by atoms with Crippen LogP contribution in [0.3, 0.4) is 0 Å². The predicted molar refractivity (Wildman–Crippen MR) is 78.5 cm³/mol. The van der Waals surface area contributed by atoms with Gasteiger partial charge < -0.3 is 10.4 Å². The molecule has 1 aliphatic rings. The van der Waals surface area contributed by atoms with Crippen LogP contribution in [0, 0.1) is 12.7 Å². The van der Waals surface area contributed by atoms with E-state index in [0.29, 0.717) is 5.56 Å². The summed E-state index contributed by atoms with van der Waals surface area (Å²) in [5.74, 6) is 0.0921. The molecule has 1 atom stereocenters. The Morgan fingerprint density at radius 3 is 2.85 bits per heavy atom. The van der Waals surface area contributed by atoms with Crippen LogP contribution in [-0.4, -0.2) is 5.11 Å². The van der Waals surface area contributed by atoms with Crippen molar-refractivity contribution in [1.29, 1.82) is 0 Å². The Morgan fingerprint density at radius 1 is 1.20 bits per heavy atom. The summed E-state index contributed by atoms with van der Waals surface area (Å²) in [7, 11) is 0. The Morgan fingerprint density at radius 2 is 2.05 bits per heavy atom. The number of phenolic OH excluding ortho intramolecular Hbond substituents is 1. The smallest absolute Gasteiger partial charge is 0.128 e. The zero-order chi connectivity index (χ0) is 14.1. The first-order chi connectivity index (χ1) is 9.63. The highest BCUT2D eigenvalue weighted by molar-refractivity contribution is 5.49. The molecule has 3 heteroatoms. The van der Waals surface area contributed by atoms with E-state index in [0.717, 1.165) is 30.5 Å². The van der Waals surface area contributed by atoms with Gasteiger partial charge in [0, 0.05) is 5.69 Å². The van der Waals surface area contributed by atoms with E-state index in [2.05, 4.69) is 5.32 Å². The summed E-state index contributed by atoms with van der Waals surface area (Å²) >= 11 is 0. The Kier molecular flexibility index (Phi) is 3.35. The second-order valence-electron chi connectivity index (χ2n) is 5.44. The third-order valence-electron chi connectivity index (χ3n) is 3.96. The Balaban J connectivity index is 1.89. The molecule has 2 nitrogen and oxygen atoms in total.